The number of H-pyrrole nitrogens is 1. The van der Waals surface area contributed by atoms with Gasteiger partial charge in [0.05, 0.1) is 29.2 Å². The van der Waals surface area contributed by atoms with E-state index in [0.29, 0.717) is 25.3 Å². The van der Waals surface area contributed by atoms with Crippen LogP contribution in [0.15, 0.2) is 24.7 Å². The Morgan fingerprint density at radius 3 is 3.04 bits per heavy atom. The lowest BCUT2D eigenvalue weighted by Gasteiger charge is -2.47. The Labute approximate surface area is 153 Å². The molecule has 4 heterocycles. The van der Waals surface area contributed by atoms with Gasteiger partial charge in [-0.25, -0.2) is 13.5 Å². The fourth-order valence-electron chi connectivity index (χ4n) is 4.10. The van der Waals surface area contributed by atoms with Gasteiger partial charge in [0.2, 0.25) is 0 Å². The maximum atomic E-state index is 12.1. The molecule has 1 atom stereocenters. The lowest BCUT2D eigenvalue weighted by Crippen LogP contribution is -2.63. The number of fused-ring (bicyclic) bond motifs is 2. The molecule has 3 aromatic heterocycles. The van der Waals surface area contributed by atoms with E-state index >= 15 is 0 Å². The molecule has 2 aliphatic rings. The van der Waals surface area contributed by atoms with E-state index in [1.807, 2.05) is 28.2 Å². The monoisotopic (exact) mass is 366 g/mol. The Bertz CT molecular complexity index is 1080. The van der Waals surface area contributed by atoms with Gasteiger partial charge < -0.3 is 4.98 Å². The minimum atomic E-state index is -0.977. The molecule has 1 aliphatic carbocycles. The number of pyridine rings is 1. The summed E-state index contributed by atoms with van der Waals surface area (Å²) in [5.41, 5.74) is 4.95. The molecule has 8 heteroatoms. The Kier molecular flexibility index (Phi) is 3.33. The molecule has 1 N–H and O–H groups in total. The molecule has 0 saturated carbocycles. The zero-order valence-electron chi connectivity index (χ0n) is 14.4. The number of hydrogen-bond acceptors (Lipinski definition) is 4. The van der Waals surface area contributed by atoms with Crippen molar-refractivity contribution in [2.45, 2.75) is 25.3 Å². The summed E-state index contributed by atoms with van der Waals surface area (Å²) in [6.07, 6.45) is 7.06. The second-order valence-corrected chi connectivity index (χ2v) is 8.72. The molecule has 1 fully saturated rings. The van der Waals surface area contributed by atoms with Gasteiger partial charge in [0, 0.05) is 60.4 Å². The van der Waals surface area contributed by atoms with E-state index < -0.39 is 11.0 Å². The van der Waals surface area contributed by atoms with Gasteiger partial charge in [0.15, 0.2) is 0 Å². The Balaban J connectivity index is 1.57. The van der Waals surface area contributed by atoms with Crippen LogP contribution in [-0.4, -0.2) is 47.1 Å². The SMILES string of the molecule is CCS(=O)N1CC(CC#N)(n2cc3c(n2)-c2ccnc4[nH]cc(c24)C3)C1. The lowest BCUT2D eigenvalue weighted by atomic mass is 9.89. The molecule has 3 aromatic rings. The summed E-state index contributed by atoms with van der Waals surface area (Å²) in [6, 6.07) is 4.30. The highest BCUT2D eigenvalue weighted by Gasteiger charge is 2.48. The molecule has 0 aromatic carbocycles. The molecule has 1 saturated heterocycles. The third-order valence-electron chi connectivity index (χ3n) is 5.45. The highest BCUT2D eigenvalue weighted by molar-refractivity contribution is 7.82. The van der Waals surface area contributed by atoms with Crippen molar-refractivity contribution in [2.24, 2.45) is 0 Å². The van der Waals surface area contributed by atoms with E-state index in [-0.39, 0.29) is 5.54 Å². The first-order valence-corrected chi connectivity index (χ1v) is 9.97. The zero-order chi connectivity index (χ0) is 17.9. The summed E-state index contributed by atoms with van der Waals surface area (Å²) < 4.78 is 15.9. The summed E-state index contributed by atoms with van der Waals surface area (Å²) in [5, 5.41) is 15.4. The fourth-order valence-corrected chi connectivity index (χ4v) is 5.23. The minimum absolute atomic E-state index is 0.365. The topological polar surface area (TPSA) is 90.6 Å². The predicted molar refractivity (Wildman–Crippen MR) is 98.6 cm³/mol. The Hall–Kier alpha value is -2.50. The quantitative estimate of drug-likeness (QED) is 0.597. The summed E-state index contributed by atoms with van der Waals surface area (Å²) in [4.78, 5) is 7.62. The molecule has 26 heavy (non-hydrogen) atoms. The van der Waals surface area contributed by atoms with Crippen LogP contribution in [0.3, 0.4) is 0 Å². The summed E-state index contributed by atoms with van der Waals surface area (Å²) >= 11 is 0. The molecular weight excluding hydrogens is 348 g/mol. The van der Waals surface area contributed by atoms with Gasteiger partial charge in [-0.15, -0.1) is 0 Å². The van der Waals surface area contributed by atoms with Crippen LogP contribution in [0.4, 0.5) is 0 Å². The van der Waals surface area contributed by atoms with Gasteiger partial charge >= 0.3 is 0 Å². The van der Waals surface area contributed by atoms with Crippen molar-refractivity contribution in [3.05, 3.63) is 35.8 Å². The summed E-state index contributed by atoms with van der Waals surface area (Å²) in [6.45, 7) is 3.11. The molecule has 0 amide bonds. The van der Waals surface area contributed by atoms with E-state index in [2.05, 4.69) is 22.2 Å². The molecular formula is C18H18N6OS. The smallest absolute Gasteiger partial charge is 0.138 e. The number of rotatable bonds is 4. The van der Waals surface area contributed by atoms with Crippen LogP contribution in [0.1, 0.15) is 24.5 Å². The molecule has 0 bridgehead atoms. The van der Waals surface area contributed by atoms with E-state index in [9.17, 15) is 9.47 Å². The molecule has 7 nitrogen and oxygen atoms in total. The molecule has 0 spiro atoms. The van der Waals surface area contributed by atoms with Gasteiger partial charge in [-0.3, -0.25) is 4.68 Å². The largest absolute Gasteiger partial charge is 0.346 e. The second-order valence-electron chi connectivity index (χ2n) is 6.99. The maximum absolute atomic E-state index is 12.1. The molecule has 5 rings (SSSR count). The first kappa shape index (κ1) is 15.7. The van der Waals surface area contributed by atoms with E-state index in [1.165, 1.54) is 5.56 Å². The number of aromatic amines is 1. The molecule has 1 unspecified atom stereocenters. The molecule has 0 radical (unpaired) electrons. The highest BCUT2D eigenvalue weighted by Crippen LogP contribution is 2.40. The van der Waals surface area contributed by atoms with Crippen LogP contribution in [0, 0.1) is 11.3 Å². The third-order valence-corrected chi connectivity index (χ3v) is 6.78. The maximum Gasteiger partial charge on any atom is 0.138 e. The van der Waals surface area contributed by atoms with E-state index in [4.69, 9.17) is 5.10 Å². The average Bonchev–Trinajstić information content (AvgIpc) is 3.23. The normalized spacial score (nSPS) is 18.9. The Morgan fingerprint density at radius 1 is 1.42 bits per heavy atom. The summed E-state index contributed by atoms with van der Waals surface area (Å²) in [7, 11) is -0.977. The van der Waals surface area contributed by atoms with Crippen LogP contribution in [-0.2, 0) is 22.9 Å². The number of hydrogen-bond donors (Lipinski definition) is 1. The van der Waals surface area contributed by atoms with E-state index in [1.54, 1.807) is 6.20 Å². The Morgan fingerprint density at radius 2 is 2.27 bits per heavy atom. The number of aromatic nitrogens is 4. The number of nitriles is 1. The lowest BCUT2D eigenvalue weighted by molar-refractivity contribution is 0.0766. The molecule has 132 valence electrons. The highest BCUT2D eigenvalue weighted by atomic mass is 32.2. The van der Waals surface area contributed by atoms with Crippen molar-refractivity contribution in [2.75, 3.05) is 18.8 Å². The van der Waals surface area contributed by atoms with E-state index in [0.717, 1.165) is 34.3 Å². The number of nitrogens with one attached hydrogen (secondary N) is 1. The van der Waals surface area contributed by atoms with Crippen LogP contribution in [0.2, 0.25) is 0 Å². The first-order chi connectivity index (χ1) is 12.6. The van der Waals surface area contributed by atoms with Crippen molar-refractivity contribution in [3.8, 4) is 17.3 Å². The second kappa shape index (κ2) is 5.50. The van der Waals surface area contributed by atoms with Gasteiger partial charge in [-0.1, -0.05) is 6.92 Å². The molecule has 1 aliphatic heterocycles. The van der Waals surface area contributed by atoms with Gasteiger partial charge in [-0.2, -0.15) is 10.4 Å². The number of nitrogens with zero attached hydrogens (tertiary/aromatic N) is 5. The van der Waals surface area contributed by atoms with Crippen LogP contribution < -0.4 is 0 Å². The standard InChI is InChI=1S/C18H18N6OS/c1-2-26(25)23-10-18(11-23,4-5-19)24-9-13-7-12-8-21-17-15(12)14(3-6-20-17)16(13)22-24/h3,6,8-9H,2,4,7,10-11H2,1H3,(H,20,21). The zero-order valence-corrected chi connectivity index (χ0v) is 15.2. The summed E-state index contributed by atoms with van der Waals surface area (Å²) in [5.74, 6) is 0.600. The van der Waals surface area contributed by atoms with Crippen LogP contribution in [0.5, 0.6) is 0 Å². The van der Waals surface area contributed by atoms with Gasteiger partial charge in [0.1, 0.15) is 11.2 Å². The van der Waals surface area contributed by atoms with Crippen molar-refractivity contribution < 1.29 is 4.21 Å². The third kappa shape index (κ3) is 2.04. The van der Waals surface area contributed by atoms with Gasteiger partial charge in [-0.05, 0) is 11.6 Å². The van der Waals surface area contributed by atoms with Crippen LogP contribution in [0.25, 0.3) is 22.3 Å². The first-order valence-electron chi connectivity index (χ1n) is 8.70. The van der Waals surface area contributed by atoms with Crippen molar-refractivity contribution in [3.63, 3.8) is 0 Å². The average molecular weight is 366 g/mol. The van der Waals surface area contributed by atoms with Crippen LogP contribution >= 0.6 is 0 Å². The minimum Gasteiger partial charge on any atom is -0.346 e. The van der Waals surface area contributed by atoms with Crippen molar-refractivity contribution >= 4 is 22.0 Å². The predicted octanol–water partition coefficient (Wildman–Crippen LogP) is 1.94. The fraction of sp³-hybridized carbons (Fsp3) is 0.389. The van der Waals surface area contributed by atoms with Crippen molar-refractivity contribution in [1.29, 1.82) is 5.26 Å². The van der Waals surface area contributed by atoms with Gasteiger partial charge in [0.25, 0.3) is 0 Å². The van der Waals surface area contributed by atoms with Crippen molar-refractivity contribution in [1.82, 2.24) is 24.1 Å².